The fourth-order valence-electron chi connectivity index (χ4n) is 1.03. The van der Waals surface area contributed by atoms with E-state index in [-0.39, 0.29) is 0 Å². The lowest BCUT2D eigenvalue weighted by molar-refractivity contribution is 0.556. The summed E-state index contributed by atoms with van der Waals surface area (Å²) in [4.78, 5) is 0. The number of hydrogen-bond acceptors (Lipinski definition) is 2. The van der Waals surface area contributed by atoms with E-state index in [0.29, 0.717) is 29.2 Å². The van der Waals surface area contributed by atoms with Crippen molar-refractivity contribution in [2.24, 2.45) is 5.73 Å². The Balaban J connectivity index is 2.59. The number of hydrogen-bond donors (Lipinski definition) is 2. The van der Waals surface area contributed by atoms with E-state index in [1.165, 1.54) is 0 Å². The minimum Gasteiger partial charge on any atom is -0.329 e. The van der Waals surface area contributed by atoms with Crippen LogP contribution in [0.15, 0.2) is 18.2 Å². The zero-order valence-electron chi connectivity index (χ0n) is 8.06. The minimum absolute atomic E-state index is 0.293. The summed E-state index contributed by atoms with van der Waals surface area (Å²) < 4.78 is 0. The van der Waals surface area contributed by atoms with E-state index < -0.39 is 0 Å². The van der Waals surface area contributed by atoms with E-state index in [4.69, 9.17) is 28.9 Å². The Kier molecular flexibility index (Phi) is 4.69. The average molecular weight is 233 g/mol. The topological polar surface area (TPSA) is 38.0 Å². The molecule has 0 aliphatic heterocycles. The molecule has 0 radical (unpaired) electrons. The summed E-state index contributed by atoms with van der Waals surface area (Å²) >= 11 is 11.8. The van der Waals surface area contributed by atoms with Gasteiger partial charge in [0.2, 0.25) is 0 Å². The fraction of sp³-hybridized carbons (Fsp3) is 0.400. The summed E-state index contributed by atoms with van der Waals surface area (Å²) in [6.45, 7) is 3.36. The number of halogens is 2. The van der Waals surface area contributed by atoms with Gasteiger partial charge in [-0.25, -0.2) is 0 Å². The van der Waals surface area contributed by atoms with Crippen molar-refractivity contribution >= 4 is 23.2 Å². The Morgan fingerprint density at radius 1 is 1.43 bits per heavy atom. The largest absolute Gasteiger partial charge is 0.329 e. The van der Waals surface area contributed by atoms with E-state index in [9.17, 15) is 0 Å². The standard InChI is InChI=1S/C10H14Cl2N2/c1-7(5-13)14-6-8-2-3-9(11)4-10(8)12/h2-4,7,14H,5-6,13H2,1H3/t7-/m1/s1. The molecule has 0 bridgehead atoms. The summed E-state index contributed by atoms with van der Waals surface area (Å²) in [5.41, 5.74) is 6.52. The van der Waals surface area contributed by atoms with Crippen LogP contribution in [0.2, 0.25) is 10.0 Å². The summed E-state index contributed by atoms with van der Waals surface area (Å²) in [5, 5.41) is 4.60. The highest BCUT2D eigenvalue weighted by molar-refractivity contribution is 6.35. The molecule has 3 N–H and O–H groups in total. The second kappa shape index (κ2) is 5.56. The normalized spacial score (nSPS) is 12.9. The SMILES string of the molecule is C[C@H](CN)NCc1ccc(Cl)cc1Cl. The number of nitrogens with two attached hydrogens (primary N) is 1. The molecule has 0 aromatic heterocycles. The second-order valence-electron chi connectivity index (χ2n) is 3.25. The molecule has 0 amide bonds. The molecule has 14 heavy (non-hydrogen) atoms. The van der Waals surface area contributed by atoms with Crippen molar-refractivity contribution in [1.82, 2.24) is 5.32 Å². The number of benzene rings is 1. The zero-order valence-corrected chi connectivity index (χ0v) is 9.57. The molecular weight excluding hydrogens is 219 g/mol. The van der Waals surface area contributed by atoms with Crippen LogP contribution >= 0.6 is 23.2 Å². The molecule has 1 rings (SSSR count). The molecule has 0 aliphatic carbocycles. The van der Waals surface area contributed by atoms with Gasteiger partial charge in [-0.1, -0.05) is 29.3 Å². The third-order valence-corrected chi connectivity index (χ3v) is 2.60. The van der Waals surface area contributed by atoms with Crippen LogP contribution in [-0.4, -0.2) is 12.6 Å². The van der Waals surface area contributed by atoms with Gasteiger partial charge in [0.15, 0.2) is 0 Å². The Labute approximate surface area is 94.4 Å². The van der Waals surface area contributed by atoms with Crippen molar-refractivity contribution in [3.8, 4) is 0 Å². The van der Waals surface area contributed by atoms with E-state index in [1.54, 1.807) is 6.07 Å². The molecule has 0 saturated heterocycles. The summed E-state index contributed by atoms with van der Waals surface area (Å²) in [6.07, 6.45) is 0. The van der Waals surface area contributed by atoms with Gasteiger partial charge in [0, 0.05) is 29.2 Å². The van der Waals surface area contributed by atoms with Crippen LogP contribution in [0.5, 0.6) is 0 Å². The maximum atomic E-state index is 6.00. The highest BCUT2D eigenvalue weighted by Crippen LogP contribution is 2.20. The van der Waals surface area contributed by atoms with Gasteiger partial charge in [0.25, 0.3) is 0 Å². The summed E-state index contributed by atoms with van der Waals surface area (Å²) in [6, 6.07) is 5.79. The Hall–Kier alpha value is -0.280. The number of rotatable bonds is 4. The molecule has 0 saturated carbocycles. The van der Waals surface area contributed by atoms with Crippen molar-refractivity contribution in [3.05, 3.63) is 33.8 Å². The molecule has 0 heterocycles. The lowest BCUT2D eigenvalue weighted by Crippen LogP contribution is -2.32. The van der Waals surface area contributed by atoms with Crippen LogP contribution in [0.4, 0.5) is 0 Å². The van der Waals surface area contributed by atoms with Crippen molar-refractivity contribution in [1.29, 1.82) is 0 Å². The Morgan fingerprint density at radius 3 is 2.71 bits per heavy atom. The van der Waals surface area contributed by atoms with E-state index in [1.807, 2.05) is 19.1 Å². The smallest absolute Gasteiger partial charge is 0.0465 e. The van der Waals surface area contributed by atoms with Gasteiger partial charge in [0.05, 0.1) is 0 Å². The first kappa shape index (κ1) is 11.8. The van der Waals surface area contributed by atoms with Crippen molar-refractivity contribution < 1.29 is 0 Å². The van der Waals surface area contributed by atoms with Crippen molar-refractivity contribution in [2.75, 3.05) is 6.54 Å². The summed E-state index contributed by atoms with van der Waals surface area (Å²) in [5.74, 6) is 0. The molecule has 0 spiro atoms. The molecule has 0 fully saturated rings. The van der Waals surface area contributed by atoms with Gasteiger partial charge >= 0.3 is 0 Å². The Morgan fingerprint density at radius 2 is 2.14 bits per heavy atom. The van der Waals surface area contributed by atoms with Crippen LogP contribution in [0.1, 0.15) is 12.5 Å². The maximum Gasteiger partial charge on any atom is 0.0465 e. The fourth-order valence-corrected chi connectivity index (χ4v) is 1.51. The van der Waals surface area contributed by atoms with Crippen molar-refractivity contribution in [3.63, 3.8) is 0 Å². The third kappa shape index (κ3) is 3.46. The minimum atomic E-state index is 0.293. The molecule has 1 aromatic carbocycles. The van der Waals surface area contributed by atoms with Crippen LogP contribution in [-0.2, 0) is 6.54 Å². The van der Waals surface area contributed by atoms with Gasteiger partial charge in [-0.2, -0.15) is 0 Å². The van der Waals surface area contributed by atoms with Crippen LogP contribution in [0.3, 0.4) is 0 Å². The van der Waals surface area contributed by atoms with Crippen molar-refractivity contribution in [2.45, 2.75) is 19.5 Å². The van der Waals surface area contributed by atoms with E-state index in [0.717, 1.165) is 5.56 Å². The molecule has 78 valence electrons. The first-order valence-electron chi connectivity index (χ1n) is 4.51. The van der Waals surface area contributed by atoms with Crippen LogP contribution in [0.25, 0.3) is 0 Å². The second-order valence-corrected chi connectivity index (χ2v) is 4.10. The van der Waals surface area contributed by atoms with Gasteiger partial charge < -0.3 is 11.1 Å². The highest BCUT2D eigenvalue weighted by Gasteiger charge is 2.02. The summed E-state index contributed by atoms with van der Waals surface area (Å²) in [7, 11) is 0. The maximum absolute atomic E-state index is 6.00. The van der Waals surface area contributed by atoms with Crippen LogP contribution in [0, 0.1) is 0 Å². The average Bonchev–Trinajstić information content (AvgIpc) is 2.16. The molecule has 1 aromatic rings. The van der Waals surface area contributed by atoms with E-state index >= 15 is 0 Å². The zero-order chi connectivity index (χ0) is 10.6. The predicted molar refractivity (Wildman–Crippen MR) is 61.8 cm³/mol. The lowest BCUT2D eigenvalue weighted by Gasteiger charge is -2.12. The van der Waals surface area contributed by atoms with Gasteiger partial charge in [-0.3, -0.25) is 0 Å². The third-order valence-electron chi connectivity index (χ3n) is 2.01. The van der Waals surface area contributed by atoms with Gasteiger partial charge in [0.1, 0.15) is 0 Å². The highest BCUT2D eigenvalue weighted by atomic mass is 35.5. The monoisotopic (exact) mass is 232 g/mol. The molecule has 2 nitrogen and oxygen atoms in total. The predicted octanol–water partition coefficient (Wildman–Crippen LogP) is 2.43. The molecule has 0 unspecified atom stereocenters. The van der Waals surface area contributed by atoms with Gasteiger partial charge in [-0.05, 0) is 24.6 Å². The Bertz CT molecular complexity index is 302. The quantitative estimate of drug-likeness (QED) is 0.838. The van der Waals surface area contributed by atoms with E-state index in [2.05, 4.69) is 5.32 Å². The molecule has 0 aliphatic rings. The lowest BCUT2D eigenvalue weighted by atomic mass is 10.2. The molecule has 4 heteroatoms. The first-order valence-corrected chi connectivity index (χ1v) is 5.26. The first-order chi connectivity index (χ1) is 6.63. The molecule has 1 atom stereocenters. The van der Waals surface area contributed by atoms with Crippen LogP contribution < -0.4 is 11.1 Å². The number of nitrogens with one attached hydrogen (secondary N) is 1. The van der Waals surface area contributed by atoms with Gasteiger partial charge in [-0.15, -0.1) is 0 Å². The molecular formula is C10H14Cl2N2.